The number of methoxy groups -OCH3 is 1. The maximum atomic E-state index is 6.57. The summed E-state index contributed by atoms with van der Waals surface area (Å²) in [5.74, 6) is 0.873. The standard InChI is InChI=1S/C22H35ClN4O2/c1-24-21(26-18-7-11-27(12-8-18)13-16-28-2)25-17-22(9-14-29-15-10-22)19-5-3-4-6-20(19)23/h3-6,18H,7-17H2,1-2H3,(H2,24,25,26). The van der Waals surface area contributed by atoms with Gasteiger partial charge in [0.15, 0.2) is 5.96 Å². The number of likely N-dealkylation sites (tertiary alicyclic amines) is 1. The monoisotopic (exact) mass is 422 g/mol. The number of ether oxygens (including phenoxy) is 2. The number of hydrogen-bond donors (Lipinski definition) is 2. The molecular formula is C22H35ClN4O2. The number of guanidine groups is 1. The molecule has 0 unspecified atom stereocenters. The van der Waals surface area contributed by atoms with E-state index in [1.165, 1.54) is 5.56 Å². The van der Waals surface area contributed by atoms with Crippen molar-refractivity contribution >= 4 is 17.6 Å². The van der Waals surface area contributed by atoms with E-state index in [0.717, 1.165) is 82.7 Å². The molecule has 6 nitrogen and oxygen atoms in total. The Balaban J connectivity index is 1.57. The second kappa shape index (κ2) is 11.2. The highest BCUT2D eigenvalue weighted by Crippen LogP contribution is 2.38. The van der Waals surface area contributed by atoms with Crippen molar-refractivity contribution in [3.05, 3.63) is 34.9 Å². The lowest BCUT2D eigenvalue weighted by Gasteiger charge is -2.39. The van der Waals surface area contributed by atoms with Gasteiger partial charge < -0.3 is 25.0 Å². The Bertz CT molecular complexity index is 656. The second-order valence-corrected chi connectivity index (χ2v) is 8.46. The Morgan fingerprint density at radius 2 is 2.00 bits per heavy atom. The van der Waals surface area contributed by atoms with Crippen LogP contribution in [0.15, 0.2) is 29.3 Å². The molecule has 0 aromatic heterocycles. The molecule has 3 rings (SSSR count). The molecule has 1 aromatic rings. The molecule has 2 aliphatic rings. The van der Waals surface area contributed by atoms with Crippen LogP contribution >= 0.6 is 11.6 Å². The van der Waals surface area contributed by atoms with E-state index >= 15 is 0 Å². The molecule has 0 saturated carbocycles. The molecule has 29 heavy (non-hydrogen) atoms. The highest BCUT2D eigenvalue weighted by Gasteiger charge is 2.36. The van der Waals surface area contributed by atoms with E-state index in [2.05, 4.69) is 32.7 Å². The highest BCUT2D eigenvalue weighted by molar-refractivity contribution is 6.31. The van der Waals surface area contributed by atoms with Gasteiger partial charge in [-0.1, -0.05) is 29.8 Å². The van der Waals surface area contributed by atoms with Crippen LogP contribution < -0.4 is 10.6 Å². The number of benzene rings is 1. The van der Waals surface area contributed by atoms with Crippen LogP contribution in [0.3, 0.4) is 0 Å². The van der Waals surface area contributed by atoms with Crippen LogP contribution in [-0.4, -0.2) is 77.1 Å². The third-order valence-corrected chi connectivity index (χ3v) is 6.58. The first-order valence-electron chi connectivity index (χ1n) is 10.7. The summed E-state index contributed by atoms with van der Waals surface area (Å²) < 4.78 is 10.8. The number of nitrogens with one attached hydrogen (secondary N) is 2. The predicted molar refractivity (Wildman–Crippen MR) is 119 cm³/mol. The van der Waals surface area contributed by atoms with E-state index in [4.69, 9.17) is 21.1 Å². The van der Waals surface area contributed by atoms with E-state index in [1.807, 2.05) is 19.2 Å². The number of piperidine rings is 1. The minimum atomic E-state index is -0.0300. The van der Waals surface area contributed by atoms with Crippen LogP contribution in [0.4, 0.5) is 0 Å². The molecule has 0 atom stereocenters. The number of rotatable bonds is 7. The lowest BCUT2D eigenvalue weighted by atomic mass is 9.74. The SMILES string of the molecule is CN=C(NCC1(c2ccccc2Cl)CCOCC1)NC1CCN(CCOC)CC1. The van der Waals surface area contributed by atoms with E-state index < -0.39 is 0 Å². The van der Waals surface area contributed by atoms with E-state index in [-0.39, 0.29) is 5.41 Å². The van der Waals surface area contributed by atoms with Gasteiger partial charge in [-0.3, -0.25) is 4.99 Å². The normalized spacial score (nSPS) is 21.1. The zero-order valence-electron chi connectivity index (χ0n) is 17.8. The van der Waals surface area contributed by atoms with Gasteiger partial charge >= 0.3 is 0 Å². The lowest BCUT2D eigenvalue weighted by molar-refractivity contribution is 0.0514. The molecule has 2 saturated heterocycles. The summed E-state index contributed by atoms with van der Waals surface area (Å²) in [6.07, 6.45) is 4.15. The van der Waals surface area contributed by atoms with Gasteiger partial charge in [0.2, 0.25) is 0 Å². The van der Waals surface area contributed by atoms with Gasteiger partial charge in [0.25, 0.3) is 0 Å². The maximum Gasteiger partial charge on any atom is 0.191 e. The van der Waals surface area contributed by atoms with Gasteiger partial charge in [0.05, 0.1) is 6.61 Å². The molecule has 7 heteroatoms. The molecule has 0 amide bonds. The van der Waals surface area contributed by atoms with Crippen molar-refractivity contribution < 1.29 is 9.47 Å². The average Bonchev–Trinajstić information content (AvgIpc) is 2.77. The summed E-state index contributed by atoms with van der Waals surface area (Å²) in [6, 6.07) is 8.65. The summed E-state index contributed by atoms with van der Waals surface area (Å²) in [4.78, 5) is 6.94. The fraction of sp³-hybridized carbons (Fsp3) is 0.682. The Labute approximate surface area is 180 Å². The Morgan fingerprint density at radius 3 is 2.66 bits per heavy atom. The van der Waals surface area contributed by atoms with Crippen molar-refractivity contribution in [1.82, 2.24) is 15.5 Å². The first-order valence-corrected chi connectivity index (χ1v) is 11.1. The Hall–Kier alpha value is -1.34. The number of aliphatic imine (C=N–C) groups is 1. The summed E-state index contributed by atoms with van der Waals surface area (Å²) in [5, 5.41) is 8.05. The quantitative estimate of drug-likeness (QED) is 0.522. The van der Waals surface area contributed by atoms with Crippen molar-refractivity contribution in [1.29, 1.82) is 0 Å². The molecular weight excluding hydrogens is 388 g/mol. The number of halogens is 1. The smallest absolute Gasteiger partial charge is 0.191 e. The first kappa shape index (κ1) is 22.3. The molecule has 2 aliphatic heterocycles. The van der Waals surface area contributed by atoms with Crippen LogP contribution in [0.1, 0.15) is 31.2 Å². The van der Waals surface area contributed by atoms with Gasteiger partial charge in [-0.2, -0.15) is 0 Å². The van der Waals surface area contributed by atoms with Crippen molar-refractivity contribution in [2.24, 2.45) is 4.99 Å². The van der Waals surface area contributed by atoms with Crippen molar-refractivity contribution in [3.8, 4) is 0 Å². The zero-order valence-corrected chi connectivity index (χ0v) is 18.5. The summed E-state index contributed by atoms with van der Waals surface area (Å²) in [5.41, 5.74) is 1.18. The first-order chi connectivity index (χ1) is 14.2. The lowest BCUT2D eigenvalue weighted by Crippen LogP contribution is -2.52. The van der Waals surface area contributed by atoms with Gasteiger partial charge in [0.1, 0.15) is 0 Å². The minimum absolute atomic E-state index is 0.0300. The third-order valence-electron chi connectivity index (χ3n) is 6.25. The molecule has 0 radical (unpaired) electrons. The Morgan fingerprint density at radius 1 is 1.28 bits per heavy atom. The van der Waals surface area contributed by atoms with Crippen molar-refractivity contribution in [2.45, 2.75) is 37.1 Å². The fourth-order valence-electron chi connectivity index (χ4n) is 4.36. The van der Waals surface area contributed by atoms with E-state index in [0.29, 0.717) is 6.04 Å². The van der Waals surface area contributed by atoms with Crippen LogP contribution in [0.25, 0.3) is 0 Å². The molecule has 0 spiro atoms. The molecule has 2 heterocycles. The fourth-order valence-corrected chi connectivity index (χ4v) is 4.69. The van der Waals surface area contributed by atoms with Crippen LogP contribution in [0.5, 0.6) is 0 Å². The highest BCUT2D eigenvalue weighted by atomic mass is 35.5. The summed E-state index contributed by atoms with van der Waals surface area (Å²) >= 11 is 6.57. The minimum Gasteiger partial charge on any atom is -0.383 e. The number of nitrogens with zero attached hydrogens (tertiary/aromatic N) is 2. The molecule has 0 bridgehead atoms. The van der Waals surface area contributed by atoms with Crippen LogP contribution in [-0.2, 0) is 14.9 Å². The topological polar surface area (TPSA) is 58.1 Å². The van der Waals surface area contributed by atoms with E-state index in [9.17, 15) is 0 Å². The predicted octanol–water partition coefficient (Wildman–Crippen LogP) is 2.66. The van der Waals surface area contributed by atoms with Crippen LogP contribution in [0.2, 0.25) is 5.02 Å². The molecule has 0 aliphatic carbocycles. The van der Waals surface area contributed by atoms with Gasteiger partial charge in [-0.15, -0.1) is 0 Å². The third kappa shape index (κ3) is 6.07. The van der Waals surface area contributed by atoms with Gasteiger partial charge in [-0.25, -0.2) is 0 Å². The summed E-state index contributed by atoms with van der Waals surface area (Å²) in [6.45, 7) is 6.33. The van der Waals surface area contributed by atoms with E-state index in [1.54, 1.807) is 7.11 Å². The van der Waals surface area contributed by atoms with Crippen molar-refractivity contribution in [3.63, 3.8) is 0 Å². The van der Waals surface area contributed by atoms with Crippen molar-refractivity contribution in [2.75, 3.05) is 60.2 Å². The molecule has 2 N–H and O–H groups in total. The van der Waals surface area contributed by atoms with Gasteiger partial charge in [-0.05, 0) is 37.3 Å². The molecule has 162 valence electrons. The second-order valence-electron chi connectivity index (χ2n) is 8.05. The summed E-state index contributed by atoms with van der Waals surface area (Å²) in [7, 11) is 3.60. The van der Waals surface area contributed by atoms with Gasteiger partial charge in [0, 0.05) is 70.0 Å². The van der Waals surface area contributed by atoms with Crippen LogP contribution in [0, 0.1) is 0 Å². The maximum absolute atomic E-state index is 6.57. The average molecular weight is 423 g/mol. The zero-order chi connectivity index (χ0) is 20.5. The Kier molecular flexibility index (Phi) is 8.60. The molecule has 1 aromatic carbocycles. The molecule has 2 fully saturated rings. The number of hydrogen-bond acceptors (Lipinski definition) is 4. The largest absolute Gasteiger partial charge is 0.383 e.